The lowest BCUT2D eigenvalue weighted by atomic mass is 10.00. The molecule has 0 saturated carbocycles. The Bertz CT molecular complexity index is 352. The lowest BCUT2D eigenvalue weighted by Gasteiger charge is -2.24. The lowest BCUT2D eigenvalue weighted by molar-refractivity contribution is 0.117. The summed E-state index contributed by atoms with van der Waals surface area (Å²) in [6.45, 7) is 3.48. The van der Waals surface area contributed by atoms with Crippen LogP contribution < -0.4 is 10.2 Å². The molecule has 0 saturated heterocycles. The third-order valence-electron chi connectivity index (χ3n) is 3.28. The number of nitrogens with zero attached hydrogens (tertiary/aromatic N) is 1. The molecular weight excluding hydrogens is 240 g/mol. The summed E-state index contributed by atoms with van der Waals surface area (Å²) in [5.41, 5.74) is 2.08. The van der Waals surface area contributed by atoms with E-state index in [9.17, 15) is 5.11 Å². The van der Waals surface area contributed by atoms with E-state index in [1.165, 1.54) is 0 Å². The van der Waals surface area contributed by atoms with E-state index in [2.05, 4.69) is 12.2 Å². The highest BCUT2D eigenvalue weighted by Gasteiger charge is 2.18. The van der Waals surface area contributed by atoms with Gasteiger partial charge in [0.15, 0.2) is 0 Å². The monoisotopic (exact) mass is 266 g/mol. The molecule has 108 valence electrons. The van der Waals surface area contributed by atoms with E-state index in [0.717, 1.165) is 24.2 Å². The van der Waals surface area contributed by atoms with Crippen molar-refractivity contribution in [1.82, 2.24) is 5.32 Å². The first-order valence-electron chi connectivity index (χ1n) is 6.77. The molecule has 0 aliphatic heterocycles. The van der Waals surface area contributed by atoms with Crippen LogP contribution in [-0.2, 0) is 4.74 Å². The van der Waals surface area contributed by atoms with Crippen LogP contribution in [0.1, 0.15) is 25.0 Å². The molecule has 4 heteroatoms. The Balaban J connectivity index is 2.65. The van der Waals surface area contributed by atoms with E-state index in [0.29, 0.717) is 6.61 Å². The van der Waals surface area contributed by atoms with Crippen molar-refractivity contribution in [3.8, 4) is 0 Å². The van der Waals surface area contributed by atoms with Crippen LogP contribution in [0.4, 0.5) is 5.69 Å². The third-order valence-corrected chi connectivity index (χ3v) is 3.28. The van der Waals surface area contributed by atoms with Crippen LogP contribution in [0.2, 0.25) is 0 Å². The van der Waals surface area contributed by atoms with Gasteiger partial charge >= 0.3 is 0 Å². The first-order valence-corrected chi connectivity index (χ1v) is 6.77. The van der Waals surface area contributed by atoms with E-state index >= 15 is 0 Å². The minimum absolute atomic E-state index is 0.0559. The minimum atomic E-state index is -0.488. The molecule has 2 atom stereocenters. The topological polar surface area (TPSA) is 44.7 Å². The zero-order valence-corrected chi connectivity index (χ0v) is 12.4. The van der Waals surface area contributed by atoms with Crippen molar-refractivity contribution in [2.75, 3.05) is 39.3 Å². The summed E-state index contributed by atoms with van der Waals surface area (Å²) in [6.07, 6.45) is 0.387. The molecule has 1 aromatic carbocycles. The molecule has 0 aliphatic rings. The second kappa shape index (κ2) is 8.15. The fourth-order valence-corrected chi connectivity index (χ4v) is 2.03. The second-order valence-corrected chi connectivity index (χ2v) is 4.89. The Morgan fingerprint density at radius 2 is 1.89 bits per heavy atom. The predicted octanol–water partition coefficient (Wildman–Crippen LogP) is 1.80. The standard InChI is InChI=1S/C15H26N2O2/c1-5-14(16-10-11-19-4)15(18)12-6-8-13(9-7-12)17(2)3/h6-9,14-16,18H,5,10-11H2,1-4H3. The van der Waals surface area contributed by atoms with Gasteiger partial charge in [0, 0.05) is 39.5 Å². The number of benzene rings is 1. The summed E-state index contributed by atoms with van der Waals surface area (Å²) in [6, 6.07) is 8.09. The van der Waals surface area contributed by atoms with Crippen molar-refractivity contribution >= 4 is 5.69 Å². The van der Waals surface area contributed by atoms with E-state index < -0.39 is 6.10 Å². The number of hydrogen-bond donors (Lipinski definition) is 2. The number of aliphatic hydroxyl groups excluding tert-OH is 1. The Morgan fingerprint density at radius 3 is 2.37 bits per heavy atom. The van der Waals surface area contributed by atoms with E-state index in [-0.39, 0.29) is 6.04 Å². The maximum Gasteiger partial charge on any atom is 0.0942 e. The highest BCUT2D eigenvalue weighted by Crippen LogP contribution is 2.21. The number of hydrogen-bond acceptors (Lipinski definition) is 4. The van der Waals surface area contributed by atoms with Gasteiger partial charge in [-0.3, -0.25) is 0 Å². The summed E-state index contributed by atoms with van der Waals surface area (Å²) < 4.78 is 5.01. The molecule has 0 amide bonds. The van der Waals surface area contributed by atoms with Gasteiger partial charge in [-0.15, -0.1) is 0 Å². The Morgan fingerprint density at radius 1 is 1.26 bits per heavy atom. The summed E-state index contributed by atoms with van der Waals surface area (Å²) >= 11 is 0. The van der Waals surface area contributed by atoms with Gasteiger partial charge in [-0.25, -0.2) is 0 Å². The summed E-state index contributed by atoms with van der Waals surface area (Å²) in [4.78, 5) is 2.05. The Labute approximate surface area is 116 Å². The summed E-state index contributed by atoms with van der Waals surface area (Å²) in [5.74, 6) is 0. The number of aliphatic hydroxyl groups is 1. The third kappa shape index (κ3) is 4.82. The number of nitrogens with one attached hydrogen (secondary N) is 1. The van der Waals surface area contributed by atoms with Crippen LogP contribution >= 0.6 is 0 Å². The number of rotatable bonds is 8. The van der Waals surface area contributed by atoms with Crippen molar-refractivity contribution in [3.63, 3.8) is 0 Å². The first kappa shape index (κ1) is 16.0. The van der Waals surface area contributed by atoms with Gasteiger partial charge in [-0.05, 0) is 24.1 Å². The highest BCUT2D eigenvalue weighted by molar-refractivity contribution is 5.46. The van der Waals surface area contributed by atoms with Crippen LogP contribution in [0.15, 0.2) is 24.3 Å². The van der Waals surface area contributed by atoms with Crippen molar-refractivity contribution in [2.45, 2.75) is 25.5 Å². The molecule has 2 unspecified atom stereocenters. The molecule has 19 heavy (non-hydrogen) atoms. The first-order chi connectivity index (χ1) is 9.10. The molecule has 1 rings (SSSR count). The smallest absolute Gasteiger partial charge is 0.0942 e. The normalized spacial score (nSPS) is 14.2. The van der Waals surface area contributed by atoms with Gasteiger partial charge in [0.1, 0.15) is 0 Å². The Hall–Kier alpha value is -1.10. The average molecular weight is 266 g/mol. The van der Waals surface area contributed by atoms with Gasteiger partial charge < -0.3 is 20.1 Å². The van der Waals surface area contributed by atoms with Gasteiger partial charge in [0.25, 0.3) is 0 Å². The fourth-order valence-electron chi connectivity index (χ4n) is 2.03. The van der Waals surface area contributed by atoms with Gasteiger partial charge in [0.05, 0.1) is 12.7 Å². The lowest BCUT2D eigenvalue weighted by Crippen LogP contribution is -2.36. The molecule has 0 radical (unpaired) electrons. The number of ether oxygens (including phenoxy) is 1. The van der Waals surface area contributed by atoms with Crippen LogP contribution in [0, 0.1) is 0 Å². The largest absolute Gasteiger partial charge is 0.387 e. The molecule has 0 bridgehead atoms. The summed E-state index contributed by atoms with van der Waals surface area (Å²) in [7, 11) is 5.69. The maximum absolute atomic E-state index is 10.4. The van der Waals surface area contributed by atoms with Gasteiger partial charge in [-0.2, -0.15) is 0 Å². The molecule has 0 heterocycles. The zero-order valence-electron chi connectivity index (χ0n) is 12.4. The van der Waals surface area contributed by atoms with E-state index in [1.54, 1.807) is 7.11 Å². The van der Waals surface area contributed by atoms with Crippen molar-refractivity contribution in [3.05, 3.63) is 29.8 Å². The molecule has 0 aliphatic carbocycles. The summed E-state index contributed by atoms with van der Waals surface area (Å²) in [5, 5.41) is 13.7. The zero-order chi connectivity index (χ0) is 14.3. The molecular formula is C15H26N2O2. The van der Waals surface area contributed by atoms with Crippen LogP contribution in [0.3, 0.4) is 0 Å². The molecule has 4 nitrogen and oxygen atoms in total. The van der Waals surface area contributed by atoms with E-state index in [1.807, 2.05) is 43.3 Å². The van der Waals surface area contributed by atoms with Crippen LogP contribution in [-0.4, -0.2) is 45.5 Å². The molecule has 1 aromatic rings. The van der Waals surface area contributed by atoms with Crippen LogP contribution in [0.5, 0.6) is 0 Å². The molecule has 2 N–H and O–H groups in total. The molecule has 0 spiro atoms. The number of methoxy groups -OCH3 is 1. The SMILES string of the molecule is CCC(NCCOC)C(O)c1ccc(N(C)C)cc1. The average Bonchev–Trinajstić information content (AvgIpc) is 2.43. The van der Waals surface area contributed by atoms with Crippen LogP contribution in [0.25, 0.3) is 0 Å². The molecule has 0 fully saturated rings. The number of anilines is 1. The minimum Gasteiger partial charge on any atom is -0.387 e. The fraction of sp³-hybridized carbons (Fsp3) is 0.600. The van der Waals surface area contributed by atoms with Crippen molar-refractivity contribution in [2.24, 2.45) is 0 Å². The maximum atomic E-state index is 10.4. The highest BCUT2D eigenvalue weighted by atomic mass is 16.5. The van der Waals surface area contributed by atoms with Crippen molar-refractivity contribution < 1.29 is 9.84 Å². The second-order valence-electron chi connectivity index (χ2n) is 4.89. The molecule has 0 aromatic heterocycles. The van der Waals surface area contributed by atoms with E-state index in [4.69, 9.17) is 4.74 Å². The predicted molar refractivity (Wildman–Crippen MR) is 79.7 cm³/mol. The van der Waals surface area contributed by atoms with Gasteiger partial charge in [0.2, 0.25) is 0 Å². The quantitative estimate of drug-likeness (QED) is 0.704. The van der Waals surface area contributed by atoms with Gasteiger partial charge in [-0.1, -0.05) is 19.1 Å². The van der Waals surface area contributed by atoms with Crippen molar-refractivity contribution in [1.29, 1.82) is 0 Å². The Kier molecular flexibility index (Phi) is 6.84.